The van der Waals surface area contributed by atoms with Gasteiger partial charge in [0.05, 0.1) is 11.2 Å². The Hall–Kier alpha value is -3.77. The first-order valence-corrected chi connectivity index (χ1v) is 14.2. The third-order valence-corrected chi connectivity index (χ3v) is 7.68. The van der Waals surface area contributed by atoms with Crippen molar-refractivity contribution >= 4 is 29.6 Å². The van der Waals surface area contributed by atoms with Gasteiger partial charge >= 0.3 is 0 Å². The van der Waals surface area contributed by atoms with E-state index in [2.05, 4.69) is 41.7 Å². The van der Waals surface area contributed by atoms with E-state index in [9.17, 15) is 4.79 Å². The molecule has 1 atom stereocenters. The number of carbonyl (C=O) groups is 1. The number of carbonyl (C=O) groups excluding carboxylic acids is 1. The molecule has 0 radical (unpaired) electrons. The molecule has 1 saturated heterocycles. The van der Waals surface area contributed by atoms with E-state index in [0.29, 0.717) is 25.2 Å². The minimum Gasteiger partial charge on any atom is -0.360 e. The third-order valence-electron chi connectivity index (χ3n) is 7.45. The van der Waals surface area contributed by atoms with Crippen molar-refractivity contribution < 1.29 is 4.79 Å². The third kappa shape index (κ3) is 7.05. The van der Waals surface area contributed by atoms with E-state index in [-0.39, 0.29) is 23.2 Å². The molecule has 0 spiro atoms. The van der Waals surface area contributed by atoms with E-state index in [1.165, 1.54) is 0 Å². The predicted molar refractivity (Wildman–Crippen MR) is 165 cm³/mol. The van der Waals surface area contributed by atoms with E-state index >= 15 is 0 Å². The maximum absolute atomic E-state index is 13.5. The van der Waals surface area contributed by atoms with Crippen LogP contribution in [-0.2, 0) is 6.42 Å². The second kappa shape index (κ2) is 13.1. The van der Waals surface area contributed by atoms with E-state index < -0.39 is 0 Å². The van der Waals surface area contributed by atoms with Crippen LogP contribution in [-0.4, -0.2) is 57.9 Å². The maximum atomic E-state index is 13.5. The smallest absolute Gasteiger partial charge is 0.254 e. The summed E-state index contributed by atoms with van der Waals surface area (Å²) in [5.41, 5.74) is 4.28. The lowest BCUT2D eigenvalue weighted by Gasteiger charge is -2.49. The van der Waals surface area contributed by atoms with Crippen LogP contribution in [0.4, 0.5) is 0 Å². The van der Waals surface area contributed by atoms with Crippen molar-refractivity contribution in [3.05, 3.63) is 101 Å². The molecule has 1 aromatic heterocycles. The number of halogens is 1. The Morgan fingerprint density at radius 3 is 2.52 bits per heavy atom. The number of nitrogens with one attached hydrogen (secondary N) is 1. The van der Waals surface area contributed by atoms with Gasteiger partial charge in [0.15, 0.2) is 5.84 Å². The topological polar surface area (TPSA) is 72.7 Å². The summed E-state index contributed by atoms with van der Waals surface area (Å²) in [6, 6.07) is 19.6. The highest BCUT2D eigenvalue weighted by atomic mass is 35.5. The van der Waals surface area contributed by atoms with E-state index in [0.717, 1.165) is 40.3 Å². The van der Waals surface area contributed by atoms with Crippen molar-refractivity contribution in [3.63, 3.8) is 0 Å². The Morgan fingerprint density at radius 1 is 1.10 bits per heavy atom. The number of aliphatic imine (C=N–C) groups is 1. The summed E-state index contributed by atoms with van der Waals surface area (Å²) in [5.74, 6) is 0.470. The van der Waals surface area contributed by atoms with Gasteiger partial charge < -0.3 is 9.80 Å². The van der Waals surface area contributed by atoms with Crippen LogP contribution in [0.15, 0.2) is 89.8 Å². The van der Waals surface area contributed by atoms with Crippen LogP contribution >= 0.6 is 11.6 Å². The zero-order chi connectivity index (χ0) is 28.7. The van der Waals surface area contributed by atoms with Crippen molar-refractivity contribution in [1.82, 2.24) is 14.8 Å². The number of allylic oxidation sites excluding steroid dienone is 1. The first-order valence-electron chi connectivity index (χ1n) is 13.8. The Bertz CT molecular complexity index is 1400. The summed E-state index contributed by atoms with van der Waals surface area (Å²) in [6.07, 6.45) is 9.11. The maximum Gasteiger partial charge on any atom is 0.254 e. The number of pyridine rings is 1. The van der Waals surface area contributed by atoms with Crippen LogP contribution in [0.1, 0.15) is 50.0 Å². The van der Waals surface area contributed by atoms with Crippen LogP contribution in [0.2, 0.25) is 5.02 Å². The molecule has 208 valence electrons. The van der Waals surface area contributed by atoms with E-state index in [1.807, 2.05) is 78.7 Å². The normalized spacial score (nSPS) is 16.3. The molecule has 0 saturated carbocycles. The molecule has 1 aliphatic heterocycles. The van der Waals surface area contributed by atoms with Crippen LogP contribution in [0.25, 0.3) is 11.1 Å². The number of hydrogen-bond donors (Lipinski definition) is 1. The van der Waals surface area contributed by atoms with Gasteiger partial charge in [-0.1, -0.05) is 48.9 Å². The second-order valence-electron chi connectivity index (χ2n) is 10.8. The SMILES string of the molecule is CC=C(C(=N)/N=C\C(CC)Cc1cccc(Cl)c1)N1CCN(C(=O)c2cccc(-c3ccncc3)c2)CC1(C)C. The Balaban J connectivity index is 1.43. The number of amides is 1. The molecule has 40 heavy (non-hydrogen) atoms. The van der Waals surface area contributed by atoms with Gasteiger partial charge in [-0.25, -0.2) is 4.99 Å². The fourth-order valence-corrected chi connectivity index (χ4v) is 5.48. The van der Waals surface area contributed by atoms with Gasteiger partial charge in [0, 0.05) is 48.8 Å². The molecule has 7 heteroatoms. The lowest BCUT2D eigenvalue weighted by molar-refractivity contribution is 0.0367. The van der Waals surface area contributed by atoms with E-state index in [1.54, 1.807) is 12.4 Å². The summed E-state index contributed by atoms with van der Waals surface area (Å²) >= 11 is 6.16. The summed E-state index contributed by atoms with van der Waals surface area (Å²) in [6.45, 7) is 10.1. The van der Waals surface area contributed by atoms with E-state index in [4.69, 9.17) is 17.0 Å². The lowest BCUT2D eigenvalue weighted by Crippen LogP contribution is -2.60. The van der Waals surface area contributed by atoms with Gasteiger partial charge in [0.2, 0.25) is 0 Å². The zero-order valence-electron chi connectivity index (χ0n) is 23.8. The van der Waals surface area contributed by atoms with Crippen molar-refractivity contribution in [3.8, 4) is 11.1 Å². The second-order valence-corrected chi connectivity index (χ2v) is 11.2. The summed E-state index contributed by atoms with van der Waals surface area (Å²) in [7, 11) is 0. The highest BCUT2D eigenvalue weighted by molar-refractivity contribution is 6.30. The molecule has 0 bridgehead atoms. The van der Waals surface area contributed by atoms with Gasteiger partial charge in [0.1, 0.15) is 0 Å². The molecule has 1 amide bonds. The van der Waals surface area contributed by atoms with Crippen molar-refractivity contribution in [2.24, 2.45) is 10.9 Å². The van der Waals surface area contributed by atoms with Crippen LogP contribution in [0.5, 0.6) is 0 Å². The molecule has 3 aromatic rings. The highest BCUT2D eigenvalue weighted by Gasteiger charge is 2.37. The van der Waals surface area contributed by atoms with Crippen LogP contribution in [0, 0.1) is 11.3 Å². The number of aromatic nitrogens is 1. The lowest BCUT2D eigenvalue weighted by atomic mass is 9.96. The van der Waals surface area contributed by atoms with Gasteiger partial charge in [-0.05, 0) is 92.6 Å². The molecular weight excluding hydrogens is 518 g/mol. The van der Waals surface area contributed by atoms with Gasteiger partial charge in [-0.2, -0.15) is 0 Å². The highest BCUT2D eigenvalue weighted by Crippen LogP contribution is 2.28. The first-order chi connectivity index (χ1) is 19.2. The molecule has 2 aromatic carbocycles. The minimum absolute atomic E-state index is 0.0190. The van der Waals surface area contributed by atoms with Gasteiger partial charge in [0.25, 0.3) is 5.91 Å². The quantitative estimate of drug-likeness (QED) is 0.237. The number of piperazine rings is 1. The van der Waals surface area contributed by atoms with Gasteiger partial charge in [-0.15, -0.1) is 0 Å². The molecule has 4 rings (SSSR count). The summed E-state index contributed by atoms with van der Waals surface area (Å²) in [5, 5.41) is 9.53. The molecule has 1 aliphatic rings. The molecule has 2 heterocycles. The fourth-order valence-electron chi connectivity index (χ4n) is 5.27. The molecule has 0 aliphatic carbocycles. The Morgan fingerprint density at radius 2 is 1.85 bits per heavy atom. The van der Waals surface area contributed by atoms with Crippen molar-refractivity contribution in [2.45, 2.75) is 46.1 Å². The van der Waals surface area contributed by atoms with Crippen LogP contribution in [0.3, 0.4) is 0 Å². The Labute approximate surface area is 242 Å². The molecule has 6 nitrogen and oxygen atoms in total. The average molecular weight is 556 g/mol. The monoisotopic (exact) mass is 555 g/mol. The predicted octanol–water partition coefficient (Wildman–Crippen LogP) is 7.16. The standard InChI is InChI=1S/C33H38ClN5O/c1-5-24(19-25-9-7-12-29(34)20-25)22-37-31(35)30(6-2)39-18-17-38(23-33(39,3)4)32(40)28-11-8-10-27(21-28)26-13-15-36-16-14-26/h6-16,20-22,24,35H,5,17-19,23H2,1-4H3/b30-6?,35-31?,37-22-. The van der Waals surface area contributed by atoms with Crippen molar-refractivity contribution in [2.75, 3.05) is 19.6 Å². The molecule has 1 fully saturated rings. The number of nitrogens with zero attached hydrogens (tertiary/aromatic N) is 4. The molecule has 1 unspecified atom stereocenters. The van der Waals surface area contributed by atoms with Crippen LogP contribution < -0.4 is 0 Å². The molecule has 1 N–H and O–H groups in total. The number of rotatable bonds is 8. The Kier molecular flexibility index (Phi) is 9.54. The largest absolute Gasteiger partial charge is 0.360 e. The zero-order valence-corrected chi connectivity index (χ0v) is 24.5. The summed E-state index contributed by atoms with van der Waals surface area (Å²) < 4.78 is 0. The number of hydrogen-bond acceptors (Lipinski definition) is 4. The molecular formula is C33H38ClN5O. The average Bonchev–Trinajstić information content (AvgIpc) is 2.96. The minimum atomic E-state index is -0.370. The first kappa shape index (κ1) is 29.2. The number of amidine groups is 1. The van der Waals surface area contributed by atoms with Crippen molar-refractivity contribution in [1.29, 1.82) is 5.41 Å². The fraction of sp³-hybridized carbons (Fsp3) is 0.333. The van der Waals surface area contributed by atoms with Gasteiger partial charge in [-0.3, -0.25) is 15.2 Å². The summed E-state index contributed by atoms with van der Waals surface area (Å²) in [4.78, 5) is 26.4. The number of benzene rings is 2.